The van der Waals surface area contributed by atoms with Crippen LogP contribution >= 0.6 is 0 Å². The second kappa shape index (κ2) is 9.20. The third-order valence-electron chi connectivity index (χ3n) is 10.0. The van der Waals surface area contributed by atoms with Crippen molar-refractivity contribution < 1.29 is 22.8 Å². The minimum atomic E-state index is -4.45. The van der Waals surface area contributed by atoms with E-state index >= 15 is 0 Å². The lowest BCUT2D eigenvalue weighted by molar-refractivity contribution is -0.163. The Morgan fingerprint density at radius 1 is 1.07 bits per heavy atom. The number of benzene rings is 1. The molecule has 2 aliphatic carbocycles. The monoisotopic (exact) mass is 599 g/mol. The summed E-state index contributed by atoms with van der Waals surface area (Å²) in [7, 11) is 0. The molecule has 4 aliphatic rings. The van der Waals surface area contributed by atoms with Crippen LogP contribution in [-0.2, 0) is 28.5 Å². The largest absolute Gasteiger partial charge is 0.401 e. The highest BCUT2D eigenvalue weighted by Gasteiger charge is 2.68. The molecule has 8 rings (SSSR count). The van der Waals surface area contributed by atoms with Crippen molar-refractivity contribution in [3.63, 3.8) is 0 Å². The number of fused-ring (bicyclic) bond motifs is 4. The highest BCUT2D eigenvalue weighted by Crippen LogP contribution is 2.60. The number of carbonyl (C=O) groups is 2. The van der Waals surface area contributed by atoms with Gasteiger partial charge in [-0.05, 0) is 55.9 Å². The molecular formula is C32H28F3N7O2. The van der Waals surface area contributed by atoms with Gasteiger partial charge in [0.05, 0.1) is 17.0 Å². The zero-order chi connectivity index (χ0) is 30.4. The van der Waals surface area contributed by atoms with Gasteiger partial charge in [-0.25, -0.2) is 4.98 Å². The molecule has 1 fully saturated rings. The van der Waals surface area contributed by atoms with Crippen LogP contribution in [0.4, 0.5) is 19.0 Å². The van der Waals surface area contributed by atoms with Crippen molar-refractivity contribution in [2.75, 3.05) is 5.32 Å². The van der Waals surface area contributed by atoms with Crippen molar-refractivity contribution in [3.8, 4) is 0 Å². The minimum absolute atomic E-state index is 0.0325. The first-order valence-corrected chi connectivity index (χ1v) is 14.7. The van der Waals surface area contributed by atoms with E-state index in [1.807, 2.05) is 43.3 Å². The fourth-order valence-corrected chi connectivity index (χ4v) is 7.48. The van der Waals surface area contributed by atoms with Crippen molar-refractivity contribution in [3.05, 3.63) is 101 Å². The second-order valence-electron chi connectivity index (χ2n) is 12.5. The fourth-order valence-electron chi connectivity index (χ4n) is 7.48. The molecule has 4 atom stereocenters. The number of nitrogens with zero attached hydrogens (tertiary/aromatic N) is 5. The van der Waals surface area contributed by atoms with Crippen LogP contribution in [0.5, 0.6) is 0 Å². The van der Waals surface area contributed by atoms with E-state index in [4.69, 9.17) is 0 Å². The molecule has 0 bridgehead atoms. The third-order valence-corrected chi connectivity index (χ3v) is 10.0. The lowest BCUT2D eigenvalue weighted by Crippen LogP contribution is -2.39. The zero-order valence-electron chi connectivity index (χ0n) is 23.7. The molecule has 0 saturated heterocycles. The maximum absolute atomic E-state index is 14.2. The number of hydrogen-bond donors (Lipinski definition) is 2. The molecule has 1 aromatic carbocycles. The van der Waals surface area contributed by atoms with Gasteiger partial charge in [0.2, 0.25) is 5.91 Å². The fraction of sp³-hybridized carbons (Fsp3) is 0.375. The quantitative estimate of drug-likeness (QED) is 0.346. The number of hydrogen-bond acceptors (Lipinski definition) is 6. The van der Waals surface area contributed by atoms with E-state index in [2.05, 4.69) is 30.8 Å². The molecule has 1 unspecified atom stereocenters. The van der Waals surface area contributed by atoms with Gasteiger partial charge in [0.25, 0.3) is 5.91 Å². The van der Waals surface area contributed by atoms with E-state index in [1.54, 1.807) is 22.9 Å². The summed E-state index contributed by atoms with van der Waals surface area (Å²) < 4.78 is 44.3. The summed E-state index contributed by atoms with van der Waals surface area (Å²) in [5.74, 6) is 0.0504. The number of pyridine rings is 2. The van der Waals surface area contributed by atoms with Crippen molar-refractivity contribution in [2.45, 2.75) is 74.0 Å². The van der Waals surface area contributed by atoms with Gasteiger partial charge in [-0.2, -0.15) is 13.2 Å². The Kier molecular flexibility index (Phi) is 5.64. The highest BCUT2D eigenvalue weighted by atomic mass is 19.4. The molecule has 44 heavy (non-hydrogen) atoms. The molecule has 224 valence electrons. The Bertz CT molecular complexity index is 1830. The van der Waals surface area contributed by atoms with Crippen molar-refractivity contribution in [1.82, 2.24) is 30.0 Å². The van der Waals surface area contributed by atoms with Crippen LogP contribution in [0.25, 0.3) is 0 Å². The van der Waals surface area contributed by atoms with Crippen LogP contribution in [-0.4, -0.2) is 42.7 Å². The van der Waals surface area contributed by atoms with Gasteiger partial charge in [-0.3, -0.25) is 14.6 Å². The summed E-state index contributed by atoms with van der Waals surface area (Å²) in [6, 6.07) is 14.0. The van der Waals surface area contributed by atoms with Crippen LogP contribution in [0.3, 0.4) is 0 Å². The number of rotatable bonds is 4. The van der Waals surface area contributed by atoms with E-state index in [0.29, 0.717) is 36.5 Å². The Morgan fingerprint density at radius 2 is 1.86 bits per heavy atom. The first-order chi connectivity index (χ1) is 21.1. The molecule has 2 amide bonds. The van der Waals surface area contributed by atoms with Gasteiger partial charge in [0, 0.05) is 42.0 Å². The lowest BCUT2D eigenvalue weighted by Gasteiger charge is -2.37. The maximum Gasteiger partial charge on any atom is 0.401 e. The minimum Gasteiger partial charge on any atom is -0.342 e. The first kappa shape index (κ1) is 27.0. The normalized spacial score (nSPS) is 26.1. The zero-order valence-corrected chi connectivity index (χ0v) is 23.7. The molecule has 2 aliphatic heterocycles. The molecular weight excluding hydrogens is 571 g/mol. The number of alkyl halides is 3. The number of anilines is 1. The van der Waals surface area contributed by atoms with E-state index in [-0.39, 0.29) is 36.5 Å². The predicted octanol–water partition coefficient (Wildman–Crippen LogP) is 4.87. The molecule has 5 heterocycles. The molecule has 9 nitrogen and oxygen atoms in total. The van der Waals surface area contributed by atoms with Gasteiger partial charge in [0.1, 0.15) is 17.1 Å². The average molecular weight is 600 g/mol. The molecule has 12 heteroatoms. The van der Waals surface area contributed by atoms with Crippen LogP contribution in [0.15, 0.2) is 60.9 Å². The van der Waals surface area contributed by atoms with E-state index in [1.165, 1.54) is 6.20 Å². The van der Waals surface area contributed by atoms with Gasteiger partial charge < -0.3 is 15.2 Å². The summed E-state index contributed by atoms with van der Waals surface area (Å²) in [5, 5.41) is 14.3. The predicted molar refractivity (Wildman–Crippen MR) is 152 cm³/mol. The highest BCUT2D eigenvalue weighted by molar-refractivity contribution is 6.06. The average Bonchev–Trinajstić information content (AvgIpc) is 3.44. The lowest BCUT2D eigenvalue weighted by atomic mass is 9.80. The summed E-state index contributed by atoms with van der Waals surface area (Å²) >= 11 is 0. The number of halogens is 3. The number of aromatic nitrogens is 5. The van der Waals surface area contributed by atoms with Crippen LogP contribution in [0.2, 0.25) is 0 Å². The van der Waals surface area contributed by atoms with Crippen LogP contribution in [0, 0.1) is 0 Å². The Morgan fingerprint density at radius 3 is 2.61 bits per heavy atom. The summed E-state index contributed by atoms with van der Waals surface area (Å²) in [6.07, 6.45) is -0.161. The van der Waals surface area contributed by atoms with E-state index < -0.39 is 29.0 Å². The van der Waals surface area contributed by atoms with E-state index in [9.17, 15) is 22.8 Å². The molecule has 2 N–H and O–H groups in total. The number of nitrogens with one attached hydrogen (secondary N) is 2. The Balaban J connectivity index is 1.12. The van der Waals surface area contributed by atoms with Crippen LogP contribution in [0.1, 0.15) is 88.6 Å². The van der Waals surface area contributed by atoms with Crippen molar-refractivity contribution >= 4 is 17.6 Å². The molecule has 4 aromatic rings. The Labute approximate surface area is 250 Å². The molecule has 3 aromatic heterocycles. The second-order valence-corrected chi connectivity index (χ2v) is 12.5. The van der Waals surface area contributed by atoms with Crippen molar-refractivity contribution in [2.24, 2.45) is 0 Å². The van der Waals surface area contributed by atoms with Gasteiger partial charge >= 0.3 is 6.18 Å². The number of carbonyl (C=O) groups excluding carboxylic acids is 2. The summed E-state index contributed by atoms with van der Waals surface area (Å²) in [5.41, 5.74) is 0.808. The SMILES string of the molecule is C[C@@H]1[C@H](c2ccccc2)C[C@H](NC(=O)c2cnc3c(c2)CC2(C3)C(=O)Nc3ncccc32)c2nnc(C3(C(F)(F)F)CC3)n21. The Hall–Kier alpha value is -4.61. The third kappa shape index (κ3) is 3.78. The maximum atomic E-state index is 14.2. The molecule has 0 radical (unpaired) electrons. The smallest absolute Gasteiger partial charge is 0.342 e. The van der Waals surface area contributed by atoms with E-state index in [0.717, 1.165) is 22.4 Å². The molecule has 1 saturated carbocycles. The first-order valence-electron chi connectivity index (χ1n) is 14.7. The topological polar surface area (TPSA) is 115 Å². The van der Waals surface area contributed by atoms with Crippen LogP contribution < -0.4 is 10.6 Å². The van der Waals surface area contributed by atoms with Crippen molar-refractivity contribution in [1.29, 1.82) is 0 Å². The van der Waals surface area contributed by atoms with Gasteiger partial charge in [-0.1, -0.05) is 36.4 Å². The van der Waals surface area contributed by atoms with Gasteiger partial charge in [0.15, 0.2) is 5.82 Å². The standard InChI is InChI=1S/C32H28F3N7O2/c1-17-21(18-6-3-2-4-7-18)13-23(26-40-41-28(42(17)26)31(9-10-31)32(33,34)35)38-27(43)20-12-19-14-30(15-24(19)37-16-20)22-8-5-11-36-25(22)39-29(30)44/h2-8,11-12,16-17,21,23H,9-10,13-15H2,1H3,(H,38,43)(H,36,39,44)/t17-,21-,23+,30?/m1/s1. The summed E-state index contributed by atoms with van der Waals surface area (Å²) in [4.78, 5) is 35.7. The van der Waals surface area contributed by atoms with Gasteiger partial charge in [-0.15, -0.1) is 10.2 Å². The molecule has 1 spiro atoms. The summed E-state index contributed by atoms with van der Waals surface area (Å²) in [6.45, 7) is 1.89. The number of amides is 2.